The number of carbonyl (C=O) groups excluding carboxylic acids is 1. The molecule has 2 atom stereocenters. The molecule has 0 saturated carbocycles. The molecule has 2 rings (SSSR count). The molecule has 0 saturated heterocycles. The number of hydrogen-bond donors (Lipinski definition) is 0. The molecule has 1 aromatic carbocycles. The van der Waals surface area contributed by atoms with Gasteiger partial charge in [-0.3, -0.25) is 14.9 Å². The van der Waals surface area contributed by atoms with Crippen LogP contribution in [0, 0.1) is 10.1 Å². The van der Waals surface area contributed by atoms with Crippen molar-refractivity contribution in [3.05, 3.63) is 39.4 Å². The van der Waals surface area contributed by atoms with E-state index in [0.717, 1.165) is 0 Å². The molecule has 138 valence electrons. The van der Waals surface area contributed by atoms with Crippen molar-refractivity contribution in [3.63, 3.8) is 0 Å². The highest BCUT2D eigenvalue weighted by Gasteiger charge is 2.45. The van der Waals surface area contributed by atoms with E-state index in [-0.39, 0.29) is 17.4 Å². The molecule has 25 heavy (non-hydrogen) atoms. The Kier molecular flexibility index (Phi) is 6.33. The van der Waals surface area contributed by atoms with Gasteiger partial charge in [-0.25, -0.2) is 0 Å². The maximum atomic E-state index is 12.8. The minimum absolute atomic E-state index is 0.125. The first-order chi connectivity index (χ1) is 11.9. The molecule has 1 amide bonds. The second-order valence-corrected chi connectivity index (χ2v) is 5.72. The number of nitrogens with zero attached hydrogens (tertiary/aromatic N) is 2. The summed E-state index contributed by atoms with van der Waals surface area (Å²) in [5, 5.41) is 11.4. The van der Waals surface area contributed by atoms with Gasteiger partial charge in [0.1, 0.15) is 11.8 Å². The third-order valence-corrected chi connectivity index (χ3v) is 4.24. The Morgan fingerprint density at radius 2 is 1.92 bits per heavy atom. The Hall–Kier alpha value is -2.19. The Morgan fingerprint density at radius 1 is 1.28 bits per heavy atom. The average Bonchev–Trinajstić information content (AvgIpc) is 2.86. The van der Waals surface area contributed by atoms with Gasteiger partial charge in [-0.05, 0) is 37.6 Å². The predicted octanol–water partition coefficient (Wildman–Crippen LogP) is 2.26. The fourth-order valence-corrected chi connectivity index (χ4v) is 3.07. The molecule has 0 fully saturated rings. The topological polar surface area (TPSA) is 91.1 Å². The summed E-state index contributed by atoms with van der Waals surface area (Å²) < 4.78 is 16.2. The van der Waals surface area contributed by atoms with Crippen LogP contribution in [0.2, 0.25) is 0 Å². The van der Waals surface area contributed by atoms with Gasteiger partial charge in [0, 0.05) is 30.6 Å². The molecular formula is C17H24N2O6. The Balaban J connectivity index is 2.40. The molecule has 0 bridgehead atoms. The number of methoxy groups -OCH3 is 1. The van der Waals surface area contributed by atoms with Gasteiger partial charge < -0.3 is 19.1 Å². The maximum Gasteiger partial charge on any atom is 0.255 e. The number of ether oxygens (including phenoxy) is 3. The molecule has 8 heteroatoms. The van der Waals surface area contributed by atoms with Gasteiger partial charge in [-0.15, -0.1) is 0 Å². The number of hydrogen-bond acceptors (Lipinski definition) is 6. The van der Waals surface area contributed by atoms with Crippen LogP contribution in [-0.4, -0.2) is 54.9 Å². The normalized spacial score (nSPS) is 17.7. The van der Waals surface area contributed by atoms with Crippen LogP contribution in [0.15, 0.2) is 18.2 Å². The lowest BCUT2D eigenvalue weighted by molar-refractivity contribution is -0.526. The summed E-state index contributed by atoms with van der Waals surface area (Å²) in [6.07, 6.45) is -0.628. The van der Waals surface area contributed by atoms with Crippen LogP contribution < -0.4 is 4.74 Å². The van der Waals surface area contributed by atoms with Crippen LogP contribution in [0.3, 0.4) is 0 Å². The molecule has 0 radical (unpaired) electrons. The third kappa shape index (κ3) is 3.91. The van der Waals surface area contributed by atoms with E-state index in [1.807, 2.05) is 13.8 Å². The summed E-state index contributed by atoms with van der Waals surface area (Å²) >= 11 is 0. The predicted molar refractivity (Wildman–Crippen MR) is 90.3 cm³/mol. The maximum absolute atomic E-state index is 12.8. The van der Waals surface area contributed by atoms with E-state index in [4.69, 9.17) is 14.2 Å². The highest BCUT2D eigenvalue weighted by atomic mass is 16.7. The first kappa shape index (κ1) is 19.1. The number of fused-ring (bicyclic) bond motifs is 1. The number of carbonyl (C=O) groups is 1. The smallest absolute Gasteiger partial charge is 0.255 e. The summed E-state index contributed by atoms with van der Waals surface area (Å²) in [5.41, 5.74) is 1.05. The van der Waals surface area contributed by atoms with Crippen LogP contribution in [0.4, 0.5) is 0 Å². The summed E-state index contributed by atoms with van der Waals surface area (Å²) in [7, 11) is 1.52. The lowest BCUT2D eigenvalue weighted by Crippen LogP contribution is -2.43. The van der Waals surface area contributed by atoms with Gasteiger partial charge in [-0.1, -0.05) is 0 Å². The van der Waals surface area contributed by atoms with Crippen LogP contribution >= 0.6 is 0 Å². The van der Waals surface area contributed by atoms with Crippen molar-refractivity contribution in [1.29, 1.82) is 0 Å². The molecular weight excluding hydrogens is 328 g/mol. The van der Waals surface area contributed by atoms with E-state index in [0.29, 0.717) is 30.1 Å². The highest BCUT2D eigenvalue weighted by molar-refractivity contribution is 5.99. The highest BCUT2D eigenvalue weighted by Crippen LogP contribution is 2.39. The molecule has 0 N–H and O–H groups in total. The largest absolute Gasteiger partial charge is 0.497 e. The Morgan fingerprint density at radius 3 is 2.44 bits per heavy atom. The van der Waals surface area contributed by atoms with E-state index in [9.17, 15) is 14.9 Å². The van der Waals surface area contributed by atoms with E-state index < -0.39 is 18.4 Å². The molecule has 1 aromatic rings. The zero-order chi connectivity index (χ0) is 18.6. The van der Waals surface area contributed by atoms with Gasteiger partial charge in [0.15, 0.2) is 6.29 Å². The monoisotopic (exact) mass is 352 g/mol. The van der Waals surface area contributed by atoms with Gasteiger partial charge in [-0.2, -0.15) is 0 Å². The van der Waals surface area contributed by atoms with Crippen LogP contribution in [0.25, 0.3) is 0 Å². The molecule has 0 spiro atoms. The molecule has 0 aliphatic carbocycles. The quantitative estimate of drug-likeness (QED) is 0.385. The van der Waals surface area contributed by atoms with Crippen molar-refractivity contribution in [1.82, 2.24) is 4.90 Å². The zero-order valence-electron chi connectivity index (χ0n) is 14.9. The van der Waals surface area contributed by atoms with Gasteiger partial charge in [0.25, 0.3) is 5.91 Å². The van der Waals surface area contributed by atoms with Crippen LogP contribution in [0.1, 0.15) is 42.7 Å². The minimum Gasteiger partial charge on any atom is -0.497 e. The lowest BCUT2D eigenvalue weighted by atomic mass is 9.99. The van der Waals surface area contributed by atoms with E-state index in [2.05, 4.69) is 0 Å². The van der Waals surface area contributed by atoms with Crippen molar-refractivity contribution in [3.8, 4) is 5.75 Å². The lowest BCUT2D eigenvalue weighted by Gasteiger charge is -2.29. The zero-order valence-corrected chi connectivity index (χ0v) is 14.9. The van der Waals surface area contributed by atoms with Gasteiger partial charge in [0.2, 0.25) is 6.04 Å². The summed E-state index contributed by atoms with van der Waals surface area (Å²) in [4.78, 5) is 25.3. The molecule has 1 aliphatic rings. The van der Waals surface area contributed by atoms with Gasteiger partial charge in [0.05, 0.1) is 13.7 Å². The second-order valence-electron chi connectivity index (χ2n) is 5.72. The SMILES string of the molecule is CCOC(CN1C(=O)c2ccc(OC)cc2C1C(C)[N+](=O)[O-])OCC. The Bertz CT molecular complexity index is 630. The summed E-state index contributed by atoms with van der Waals surface area (Å²) in [6, 6.07) is 3.34. The molecule has 1 heterocycles. The number of rotatable bonds is 9. The first-order valence-electron chi connectivity index (χ1n) is 8.30. The number of benzene rings is 1. The third-order valence-electron chi connectivity index (χ3n) is 4.24. The molecule has 2 unspecified atom stereocenters. The molecule has 8 nitrogen and oxygen atoms in total. The molecule has 0 aromatic heterocycles. The van der Waals surface area contributed by atoms with Crippen molar-refractivity contribution in [2.75, 3.05) is 26.9 Å². The fraction of sp³-hybridized carbons (Fsp3) is 0.588. The summed E-state index contributed by atoms with van der Waals surface area (Å²) in [6.45, 7) is 6.12. The minimum atomic E-state index is -0.971. The van der Waals surface area contributed by atoms with Crippen molar-refractivity contribution >= 4 is 5.91 Å². The fourth-order valence-electron chi connectivity index (χ4n) is 3.07. The van der Waals surface area contributed by atoms with E-state index in [1.54, 1.807) is 18.2 Å². The van der Waals surface area contributed by atoms with E-state index in [1.165, 1.54) is 18.9 Å². The standard InChI is InChI=1S/C17H24N2O6/c1-5-24-15(25-6-2)10-18-16(11(3)19(21)22)14-9-12(23-4)7-8-13(14)17(18)20/h7-9,11,15-16H,5-6,10H2,1-4H3. The van der Waals surface area contributed by atoms with Crippen molar-refractivity contribution in [2.24, 2.45) is 0 Å². The van der Waals surface area contributed by atoms with E-state index >= 15 is 0 Å². The number of nitro groups is 1. The van der Waals surface area contributed by atoms with Crippen LogP contribution in [0.5, 0.6) is 5.75 Å². The van der Waals surface area contributed by atoms with Gasteiger partial charge >= 0.3 is 0 Å². The molecule has 1 aliphatic heterocycles. The van der Waals surface area contributed by atoms with Crippen LogP contribution in [-0.2, 0) is 9.47 Å². The second kappa shape index (κ2) is 8.26. The average molecular weight is 352 g/mol. The summed E-state index contributed by atoms with van der Waals surface area (Å²) in [5.74, 6) is 0.292. The van der Waals surface area contributed by atoms with Crippen molar-refractivity contribution in [2.45, 2.75) is 39.1 Å². The Labute approximate surface area is 146 Å². The number of amides is 1. The first-order valence-corrected chi connectivity index (χ1v) is 8.30. The van der Waals surface area contributed by atoms with Crippen molar-refractivity contribution < 1.29 is 23.9 Å².